The van der Waals surface area contributed by atoms with E-state index in [-0.39, 0.29) is 5.41 Å². The van der Waals surface area contributed by atoms with E-state index in [1.165, 1.54) is 0 Å². The number of benzene rings is 1. The minimum Gasteiger partial charge on any atom is -0.360 e. The molecule has 0 aliphatic carbocycles. The van der Waals surface area contributed by atoms with Crippen LogP contribution in [0.25, 0.3) is 0 Å². The molecule has 0 saturated carbocycles. The van der Waals surface area contributed by atoms with Crippen molar-refractivity contribution in [3.05, 3.63) is 30.3 Å². The summed E-state index contributed by atoms with van der Waals surface area (Å²) < 4.78 is 0. The first-order valence-corrected chi connectivity index (χ1v) is 6.38. The predicted molar refractivity (Wildman–Crippen MR) is 75.9 cm³/mol. The van der Waals surface area contributed by atoms with Crippen molar-refractivity contribution in [2.75, 3.05) is 13.1 Å². The van der Waals surface area contributed by atoms with Crippen molar-refractivity contribution in [1.82, 2.24) is 4.90 Å². The summed E-state index contributed by atoms with van der Waals surface area (Å²) in [6.45, 7) is 13.0. The molecule has 0 radical (unpaired) electrons. The summed E-state index contributed by atoms with van der Waals surface area (Å²) in [7, 11) is 0. The van der Waals surface area contributed by atoms with Crippen LogP contribution in [0.2, 0.25) is 0 Å². The number of nitrogens with zero attached hydrogens (tertiary/aromatic N) is 2. The van der Waals surface area contributed by atoms with Gasteiger partial charge < -0.3 is 4.90 Å². The van der Waals surface area contributed by atoms with Crippen LogP contribution in [-0.2, 0) is 0 Å². The van der Waals surface area contributed by atoms with Crippen LogP contribution >= 0.6 is 0 Å². The van der Waals surface area contributed by atoms with E-state index < -0.39 is 0 Å². The van der Waals surface area contributed by atoms with E-state index in [1.807, 2.05) is 18.2 Å². The van der Waals surface area contributed by atoms with Crippen molar-refractivity contribution in [2.24, 2.45) is 10.4 Å². The molecule has 2 nitrogen and oxygen atoms in total. The van der Waals surface area contributed by atoms with Gasteiger partial charge in [-0.1, -0.05) is 39.0 Å². The van der Waals surface area contributed by atoms with Gasteiger partial charge >= 0.3 is 0 Å². The second-order valence-corrected chi connectivity index (χ2v) is 5.19. The lowest BCUT2D eigenvalue weighted by Gasteiger charge is -2.32. The van der Waals surface area contributed by atoms with E-state index in [2.05, 4.69) is 51.7 Å². The number of para-hydroxylation sites is 1. The lowest BCUT2D eigenvalue weighted by atomic mass is 9.93. The van der Waals surface area contributed by atoms with Gasteiger partial charge in [0.1, 0.15) is 5.84 Å². The highest BCUT2D eigenvalue weighted by Crippen LogP contribution is 2.23. The van der Waals surface area contributed by atoms with E-state index in [9.17, 15) is 0 Å². The quantitative estimate of drug-likeness (QED) is 0.566. The standard InChI is InChI=1S/C15H24N2/c1-6-17(7-2)14(15(3,4)5)16-13-11-9-8-10-12-13/h8-12H,6-7H2,1-5H3. The fraction of sp³-hybridized carbons (Fsp3) is 0.533. The van der Waals surface area contributed by atoms with Gasteiger partial charge in [0.05, 0.1) is 5.69 Å². The van der Waals surface area contributed by atoms with Crippen LogP contribution in [0.1, 0.15) is 34.6 Å². The second kappa shape index (κ2) is 5.85. The molecular formula is C15H24N2. The van der Waals surface area contributed by atoms with Gasteiger partial charge in [0.2, 0.25) is 0 Å². The molecule has 0 unspecified atom stereocenters. The zero-order chi connectivity index (χ0) is 12.9. The summed E-state index contributed by atoms with van der Waals surface area (Å²) in [4.78, 5) is 7.14. The summed E-state index contributed by atoms with van der Waals surface area (Å²) in [6, 6.07) is 10.2. The molecule has 2 heteroatoms. The van der Waals surface area contributed by atoms with E-state index >= 15 is 0 Å². The predicted octanol–water partition coefficient (Wildman–Crippen LogP) is 4.10. The lowest BCUT2D eigenvalue weighted by Crippen LogP contribution is -2.39. The molecule has 0 heterocycles. The molecule has 1 rings (SSSR count). The molecule has 1 aromatic carbocycles. The van der Waals surface area contributed by atoms with Crippen LogP contribution in [0, 0.1) is 5.41 Å². The zero-order valence-corrected chi connectivity index (χ0v) is 11.7. The van der Waals surface area contributed by atoms with Crippen LogP contribution in [0.5, 0.6) is 0 Å². The molecule has 0 saturated heterocycles. The van der Waals surface area contributed by atoms with E-state index in [0.29, 0.717) is 0 Å². The minimum absolute atomic E-state index is 0.0713. The number of amidine groups is 1. The smallest absolute Gasteiger partial charge is 0.110 e. The van der Waals surface area contributed by atoms with Crippen molar-refractivity contribution in [3.63, 3.8) is 0 Å². The third-order valence-electron chi connectivity index (χ3n) is 2.72. The first-order chi connectivity index (χ1) is 7.99. The Labute approximate surface area is 105 Å². The third-order valence-corrected chi connectivity index (χ3v) is 2.72. The van der Waals surface area contributed by atoms with Gasteiger partial charge in [0.15, 0.2) is 0 Å². The fourth-order valence-electron chi connectivity index (χ4n) is 1.86. The Morgan fingerprint density at radius 3 is 2.00 bits per heavy atom. The molecule has 94 valence electrons. The molecule has 0 bridgehead atoms. The Kier molecular flexibility index (Phi) is 4.73. The van der Waals surface area contributed by atoms with Gasteiger partial charge in [-0.2, -0.15) is 0 Å². The van der Waals surface area contributed by atoms with Crippen molar-refractivity contribution in [2.45, 2.75) is 34.6 Å². The lowest BCUT2D eigenvalue weighted by molar-refractivity contribution is 0.401. The molecule has 0 spiro atoms. The van der Waals surface area contributed by atoms with Crippen LogP contribution in [0.4, 0.5) is 5.69 Å². The molecular weight excluding hydrogens is 208 g/mol. The highest BCUT2D eigenvalue weighted by atomic mass is 15.2. The maximum absolute atomic E-state index is 4.81. The van der Waals surface area contributed by atoms with Crippen LogP contribution in [0.15, 0.2) is 35.3 Å². The Bertz CT molecular complexity index is 356. The Balaban J connectivity index is 3.11. The van der Waals surface area contributed by atoms with E-state index in [4.69, 9.17) is 4.99 Å². The maximum Gasteiger partial charge on any atom is 0.110 e. The summed E-state index contributed by atoms with van der Waals surface area (Å²) in [5.41, 5.74) is 1.10. The maximum atomic E-state index is 4.81. The summed E-state index contributed by atoms with van der Waals surface area (Å²) in [6.07, 6.45) is 0. The molecule has 0 aliphatic rings. The van der Waals surface area contributed by atoms with Crippen LogP contribution in [0.3, 0.4) is 0 Å². The average Bonchev–Trinajstić information content (AvgIpc) is 2.29. The Hall–Kier alpha value is -1.31. The monoisotopic (exact) mass is 232 g/mol. The Morgan fingerprint density at radius 2 is 1.59 bits per heavy atom. The van der Waals surface area contributed by atoms with Gasteiger partial charge in [-0.05, 0) is 26.0 Å². The zero-order valence-electron chi connectivity index (χ0n) is 11.7. The number of hydrogen-bond donors (Lipinski definition) is 0. The molecule has 0 amide bonds. The molecule has 1 aromatic rings. The van der Waals surface area contributed by atoms with Gasteiger partial charge in [-0.15, -0.1) is 0 Å². The third kappa shape index (κ3) is 3.88. The highest BCUT2D eigenvalue weighted by Gasteiger charge is 2.23. The Morgan fingerprint density at radius 1 is 1.06 bits per heavy atom. The van der Waals surface area contributed by atoms with Crippen molar-refractivity contribution < 1.29 is 0 Å². The molecule has 0 atom stereocenters. The van der Waals surface area contributed by atoms with Gasteiger partial charge in [0.25, 0.3) is 0 Å². The molecule has 0 N–H and O–H groups in total. The van der Waals surface area contributed by atoms with Crippen molar-refractivity contribution in [1.29, 1.82) is 0 Å². The minimum atomic E-state index is 0.0713. The molecule has 0 fully saturated rings. The van der Waals surface area contributed by atoms with Gasteiger partial charge in [-0.25, -0.2) is 4.99 Å². The number of hydrogen-bond acceptors (Lipinski definition) is 1. The van der Waals surface area contributed by atoms with Crippen LogP contribution in [-0.4, -0.2) is 23.8 Å². The summed E-state index contributed by atoms with van der Waals surface area (Å²) in [5, 5.41) is 0. The highest BCUT2D eigenvalue weighted by molar-refractivity contribution is 5.89. The molecule has 17 heavy (non-hydrogen) atoms. The van der Waals surface area contributed by atoms with Crippen LogP contribution < -0.4 is 0 Å². The largest absolute Gasteiger partial charge is 0.360 e. The second-order valence-electron chi connectivity index (χ2n) is 5.19. The molecule has 0 aromatic heterocycles. The summed E-state index contributed by atoms with van der Waals surface area (Å²) in [5.74, 6) is 1.16. The number of aliphatic imine (C=N–C) groups is 1. The van der Waals surface area contributed by atoms with Gasteiger partial charge in [0, 0.05) is 18.5 Å². The van der Waals surface area contributed by atoms with E-state index in [1.54, 1.807) is 0 Å². The van der Waals surface area contributed by atoms with Crippen molar-refractivity contribution >= 4 is 11.5 Å². The van der Waals surface area contributed by atoms with Gasteiger partial charge in [-0.3, -0.25) is 0 Å². The van der Waals surface area contributed by atoms with Crippen molar-refractivity contribution in [3.8, 4) is 0 Å². The topological polar surface area (TPSA) is 15.6 Å². The number of rotatable bonds is 3. The SMILES string of the molecule is CCN(CC)C(=Nc1ccccc1)C(C)(C)C. The normalized spacial score (nSPS) is 12.6. The van der Waals surface area contributed by atoms with E-state index in [0.717, 1.165) is 24.6 Å². The molecule has 0 aliphatic heterocycles. The fourth-order valence-corrected chi connectivity index (χ4v) is 1.86. The summed E-state index contributed by atoms with van der Waals surface area (Å²) >= 11 is 0. The first-order valence-electron chi connectivity index (χ1n) is 6.38. The first kappa shape index (κ1) is 13.8. The average molecular weight is 232 g/mol.